The van der Waals surface area contributed by atoms with Crippen LogP contribution in [0.3, 0.4) is 0 Å². The molecule has 2 heterocycles. The molecule has 0 aliphatic carbocycles. The molecule has 1 unspecified atom stereocenters. The third-order valence-corrected chi connectivity index (χ3v) is 4.52. The Morgan fingerprint density at radius 3 is 2.67 bits per heavy atom. The van der Waals surface area contributed by atoms with Gasteiger partial charge in [0.1, 0.15) is 12.4 Å². The Morgan fingerprint density at radius 2 is 2.08 bits per heavy atom. The summed E-state index contributed by atoms with van der Waals surface area (Å²) in [5.41, 5.74) is 2.81. The standard InChI is InChI=1S/C17H22N2O5/c1-10(2)15-13-4-3-11(16(20)18-22)7-14(13)24-6-5-19(15)17(21)12-8-23-9-12/h3-4,7,10,12,15,22H,5-6,8-9H2,1-2H3,(H,18,20). The van der Waals surface area contributed by atoms with E-state index in [1.807, 2.05) is 4.90 Å². The number of hydroxylamine groups is 1. The van der Waals surface area contributed by atoms with E-state index in [4.69, 9.17) is 14.7 Å². The zero-order valence-electron chi connectivity index (χ0n) is 13.8. The first-order chi connectivity index (χ1) is 11.5. The Bertz CT molecular complexity index is 642. The first-order valence-electron chi connectivity index (χ1n) is 8.12. The molecule has 24 heavy (non-hydrogen) atoms. The molecule has 1 fully saturated rings. The van der Waals surface area contributed by atoms with Crippen molar-refractivity contribution in [2.75, 3.05) is 26.4 Å². The number of carbonyl (C=O) groups is 2. The smallest absolute Gasteiger partial charge is 0.274 e. The number of nitrogens with zero attached hydrogens (tertiary/aromatic N) is 1. The van der Waals surface area contributed by atoms with Crippen LogP contribution in [0.15, 0.2) is 18.2 Å². The van der Waals surface area contributed by atoms with Crippen LogP contribution in [0.2, 0.25) is 0 Å². The molecule has 7 heteroatoms. The highest BCUT2D eigenvalue weighted by Gasteiger charge is 2.38. The van der Waals surface area contributed by atoms with Gasteiger partial charge in [-0.25, -0.2) is 5.48 Å². The lowest BCUT2D eigenvalue weighted by atomic mass is 9.91. The predicted octanol–water partition coefficient (Wildman–Crippen LogP) is 1.37. The topological polar surface area (TPSA) is 88.1 Å². The Hall–Kier alpha value is -2.12. The molecule has 0 saturated carbocycles. The molecule has 2 aliphatic heterocycles. The average molecular weight is 334 g/mol. The fraction of sp³-hybridized carbons (Fsp3) is 0.529. The molecule has 130 valence electrons. The zero-order valence-corrected chi connectivity index (χ0v) is 13.8. The fourth-order valence-electron chi connectivity index (χ4n) is 3.25. The van der Waals surface area contributed by atoms with Gasteiger partial charge in [0.25, 0.3) is 5.91 Å². The molecule has 2 N–H and O–H groups in total. The van der Waals surface area contributed by atoms with Crippen molar-refractivity contribution in [2.45, 2.75) is 19.9 Å². The number of nitrogens with one attached hydrogen (secondary N) is 1. The van der Waals surface area contributed by atoms with Gasteiger partial charge in [-0.15, -0.1) is 0 Å². The van der Waals surface area contributed by atoms with Crippen molar-refractivity contribution in [3.63, 3.8) is 0 Å². The zero-order chi connectivity index (χ0) is 17.3. The third-order valence-electron chi connectivity index (χ3n) is 4.52. The number of hydrogen-bond donors (Lipinski definition) is 2. The van der Waals surface area contributed by atoms with Crippen LogP contribution in [0.1, 0.15) is 35.8 Å². The van der Waals surface area contributed by atoms with Gasteiger partial charge >= 0.3 is 0 Å². The minimum atomic E-state index is -0.591. The maximum absolute atomic E-state index is 12.8. The first kappa shape index (κ1) is 16.7. The third kappa shape index (κ3) is 2.97. The highest BCUT2D eigenvalue weighted by atomic mass is 16.5. The summed E-state index contributed by atoms with van der Waals surface area (Å²) in [5.74, 6) is 0.190. The molecule has 0 aromatic heterocycles. The van der Waals surface area contributed by atoms with Crippen LogP contribution in [0.4, 0.5) is 0 Å². The molecular weight excluding hydrogens is 312 g/mol. The van der Waals surface area contributed by atoms with Gasteiger partial charge in [-0.05, 0) is 18.1 Å². The van der Waals surface area contributed by atoms with Crippen molar-refractivity contribution in [1.29, 1.82) is 0 Å². The lowest BCUT2D eigenvalue weighted by Crippen LogP contribution is -2.47. The Kier molecular flexibility index (Phi) is 4.73. The van der Waals surface area contributed by atoms with Gasteiger partial charge in [0, 0.05) is 11.1 Å². The van der Waals surface area contributed by atoms with Gasteiger partial charge in [-0.1, -0.05) is 19.9 Å². The first-order valence-corrected chi connectivity index (χ1v) is 8.12. The normalized spacial score (nSPS) is 20.7. The largest absolute Gasteiger partial charge is 0.491 e. The minimum Gasteiger partial charge on any atom is -0.491 e. The molecule has 2 aliphatic rings. The molecule has 7 nitrogen and oxygen atoms in total. The molecule has 1 atom stereocenters. The van der Waals surface area contributed by atoms with E-state index in [1.165, 1.54) is 0 Å². The Morgan fingerprint density at radius 1 is 1.33 bits per heavy atom. The average Bonchev–Trinajstić information content (AvgIpc) is 2.70. The highest BCUT2D eigenvalue weighted by Crippen LogP contribution is 2.38. The van der Waals surface area contributed by atoms with Crippen molar-refractivity contribution in [1.82, 2.24) is 10.4 Å². The number of rotatable bonds is 3. The van der Waals surface area contributed by atoms with E-state index in [2.05, 4.69) is 13.8 Å². The molecule has 1 saturated heterocycles. The molecule has 0 radical (unpaired) electrons. The summed E-state index contributed by atoms with van der Waals surface area (Å²) in [5, 5.41) is 8.79. The minimum absolute atomic E-state index is 0.0766. The summed E-state index contributed by atoms with van der Waals surface area (Å²) in [6, 6.07) is 4.91. The van der Waals surface area contributed by atoms with Crippen LogP contribution in [0.5, 0.6) is 5.75 Å². The fourth-order valence-corrected chi connectivity index (χ4v) is 3.25. The number of fused-ring (bicyclic) bond motifs is 1. The molecule has 2 amide bonds. The maximum Gasteiger partial charge on any atom is 0.274 e. The Balaban J connectivity index is 1.96. The van der Waals surface area contributed by atoms with Gasteiger partial charge in [-0.2, -0.15) is 0 Å². The number of carbonyl (C=O) groups excluding carboxylic acids is 2. The highest BCUT2D eigenvalue weighted by molar-refractivity contribution is 5.94. The van der Waals surface area contributed by atoms with E-state index >= 15 is 0 Å². The second-order valence-corrected chi connectivity index (χ2v) is 6.50. The molecule has 3 rings (SSSR count). The lowest BCUT2D eigenvalue weighted by molar-refractivity contribution is -0.153. The van der Waals surface area contributed by atoms with Crippen LogP contribution in [-0.2, 0) is 9.53 Å². The van der Waals surface area contributed by atoms with E-state index in [-0.39, 0.29) is 23.8 Å². The van der Waals surface area contributed by atoms with Crippen molar-refractivity contribution in [3.8, 4) is 5.75 Å². The van der Waals surface area contributed by atoms with Crippen LogP contribution in [0.25, 0.3) is 0 Å². The quantitative estimate of drug-likeness (QED) is 0.644. The molecule has 1 aromatic carbocycles. The van der Waals surface area contributed by atoms with Crippen molar-refractivity contribution < 1.29 is 24.3 Å². The maximum atomic E-state index is 12.8. The van der Waals surface area contributed by atoms with E-state index in [0.29, 0.717) is 37.7 Å². The van der Waals surface area contributed by atoms with Gasteiger partial charge in [0.2, 0.25) is 5.91 Å². The summed E-state index contributed by atoms with van der Waals surface area (Å²) in [4.78, 5) is 26.3. The van der Waals surface area contributed by atoms with E-state index in [0.717, 1.165) is 5.56 Å². The van der Waals surface area contributed by atoms with Crippen LogP contribution in [0, 0.1) is 11.8 Å². The summed E-state index contributed by atoms with van der Waals surface area (Å²) in [6.07, 6.45) is 0. The number of hydrogen-bond acceptors (Lipinski definition) is 5. The van der Waals surface area contributed by atoms with Crippen molar-refractivity contribution in [2.24, 2.45) is 11.8 Å². The molecule has 0 spiro atoms. The predicted molar refractivity (Wildman–Crippen MR) is 84.8 cm³/mol. The van der Waals surface area contributed by atoms with Gasteiger partial charge < -0.3 is 14.4 Å². The summed E-state index contributed by atoms with van der Waals surface area (Å²) >= 11 is 0. The number of amides is 2. The molecule has 1 aromatic rings. The second kappa shape index (κ2) is 6.78. The SMILES string of the molecule is CC(C)C1c2ccc(C(=O)NO)cc2OCCN1C(=O)C1COC1. The van der Waals surface area contributed by atoms with Gasteiger partial charge in [0.05, 0.1) is 31.7 Å². The molecule has 0 bridgehead atoms. The monoisotopic (exact) mass is 334 g/mol. The number of benzene rings is 1. The van der Waals surface area contributed by atoms with Gasteiger partial charge in [0.15, 0.2) is 0 Å². The second-order valence-electron chi connectivity index (χ2n) is 6.50. The number of ether oxygens (including phenoxy) is 2. The summed E-state index contributed by atoms with van der Waals surface area (Å²) in [7, 11) is 0. The van der Waals surface area contributed by atoms with Gasteiger partial charge in [-0.3, -0.25) is 14.8 Å². The lowest BCUT2D eigenvalue weighted by Gasteiger charge is -2.37. The van der Waals surface area contributed by atoms with E-state index in [1.54, 1.807) is 23.7 Å². The van der Waals surface area contributed by atoms with Crippen LogP contribution in [-0.4, -0.2) is 48.3 Å². The Labute approximate surface area is 140 Å². The van der Waals surface area contributed by atoms with E-state index < -0.39 is 5.91 Å². The van der Waals surface area contributed by atoms with Crippen molar-refractivity contribution >= 4 is 11.8 Å². The summed E-state index contributed by atoms with van der Waals surface area (Å²) in [6.45, 7) is 5.93. The van der Waals surface area contributed by atoms with Crippen LogP contribution >= 0.6 is 0 Å². The molecular formula is C17H22N2O5. The summed E-state index contributed by atoms with van der Waals surface area (Å²) < 4.78 is 10.9. The van der Waals surface area contributed by atoms with Crippen LogP contribution < -0.4 is 10.2 Å². The van der Waals surface area contributed by atoms with Crippen molar-refractivity contribution in [3.05, 3.63) is 29.3 Å². The van der Waals surface area contributed by atoms with E-state index in [9.17, 15) is 9.59 Å².